The lowest BCUT2D eigenvalue weighted by Gasteiger charge is -2.49. The summed E-state index contributed by atoms with van der Waals surface area (Å²) < 4.78 is 83.5. The summed E-state index contributed by atoms with van der Waals surface area (Å²) in [5.41, 5.74) is -2.76. The van der Waals surface area contributed by atoms with E-state index in [1.807, 2.05) is 37.7 Å². The van der Waals surface area contributed by atoms with Gasteiger partial charge in [0.25, 0.3) is 0 Å². The second-order valence-corrected chi connectivity index (χ2v) is 24.7. The minimum absolute atomic E-state index is 0.0718. The summed E-state index contributed by atoms with van der Waals surface area (Å²) in [5.74, 6) is -2.94. The van der Waals surface area contributed by atoms with Crippen molar-refractivity contribution < 1.29 is 76.3 Å². The van der Waals surface area contributed by atoms with Crippen molar-refractivity contribution >= 4 is 21.9 Å². The van der Waals surface area contributed by atoms with Crippen LogP contribution in [0.25, 0.3) is 6.08 Å². The molecule has 3 aliphatic rings. The Labute approximate surface area is 450 Å². The highest BCUT2D eigenvalue weighted by Gasteiger charge is 2.53. The molecule has 0 aliphatic carbocycles. The lowest BCUT2D eigenvalue weighted by Crippen LogP contribution is -2.61. The van der Waals surface area contributed by atoms with Crippen LogP contribution in [-0.2, 0) is 54.2 Å². The van der Waals surface area contributed by atoms with Gasteiger partial charge in [0.2, 0.25) is 0 Å². The molecule has 5 rings (SSSR count). The fraction of sp³-hybridized carbons (Fsp3) is 0.796. The molecular formula is C54H90FN5O15S. The van der Waals surface area contributed by atoms with Gasteiger partial charge < -0.3 is 68.5 Å². The maximum atomic E-state index is 14.8. The summed E-state index contributed by atoms with van der Waals surface area (Å²) in [6.07, 6.45) is -5.81. The summed E-state index contributed by atoms with van der Waals surface area (Å²) in [5, 5.41) is 69.6. The number of carbonyl (C=O) groups is 1. The third-order valence-electron chi connectivity index (χ3n) is 16.3. The second kappa shape index (κ2) is 26.5. The molecule has 20 atom stereocenters. The minimum atomic E-state index is -3.32. The maximum Gasteiger partial charge on any atom is 0.311 e. The number of cyclic esters (lactones) is 1. The van der Waals surface area contributed by atoms with Crippen molar-refractivity contribution in [1.82, 2.24) is 24.8 Å². The van der Waals surface area contributed by atoms with Gasteiger partial charge in [-0.15, -0.1) is 5.10 Å². The van der Waals surface area contributed by atoms with E-state index in [0.29, 0.717) is 42.8 Å². The number of nitrogens with zero attached hydrogens (tertiary/aromatic N) is 5. The van der Waals surface area contributed by atoms with Crippen LogP contribution in [0.5, 0.6) is 0 Å². The molecule has 0 unspecified atom stereocenters. The average molecular weight is 1100 g/mol. The third-order valence-corrected chi connectivity index (χ3v) is 16.9. The molecule has 76 heavy (non-hydrogen) atoms. The van der Waals surface area contributed by atoms with Crippen molar-refractivity contribution in [2.24, 2.45) is 17.8 Å². The van der Waals surface area contributed by atoms with Gasteiger partial charge in [0.05, 0.1) is 47.2 Å². The van der Waals surface area contributed by atoms with Crippen LogP contribution in [0.4, 0.5) is 4.39 Å². The first kappa shape index (κ1) is 63.8. The highest BCUT2D eigenvalue weighted by molar-refractivity contribution is 7.93. The minimum Gasteiger partial charge on any atom is -0.459 e. The van der Waals surface area contributed by atoms with Crippen LogP contribution in [0.1, 0.15) is 124 Å². The molecule has 0 saturated carbocycles. The number of hydrogen-bond donors (Lipinski definition) is 5. The van der Waals surface area contributed by atoms with E-state index in [0.717, 1.165) is 11.7 Å². The number of aromatic nitrogens is 3. The molecule has 20 nitrogen and oxygen atoms in total. The van der Waals surface area contributed by atoms with Crippen molar-refractivity contribution in [2.45, 2.75) is 204 Å². The Balaban J connectivity index is 1.43. The zero-order chi connectivity index (χ0) is 56.8. The second-order valence-electron chi connectivity index (χ2n) is 22.8. The van der Waals surface area contributed by atoms with Gasteiger partial charge in [-0.2, -0.15) is 0 Å². The number of rotatable bonds is 17. The molecule has 3 saturated heterocycles. The summed E-state index contributed by atoms with van der Waals surface area (Å²) in [4.78, 5) is 18.4. The number of alkyl halides is 1. The molecule has 3 fully saturated rings. The summed E-state index contributed by atoms with van der Waals surface area (Å²) >= 11 is 0. The van der Waals surface area contributed by atoms with Crippen LogP contribution in [0, 0.1) is 17.8 Å². The Morgan fingerprint density at radius 1 is 0.987 bits per heavy atom. The van der Waals surface area contributed by atoms with E-state index in [4.69, 9.17) is 33.2 Å². The summed E-state index contributed by atoms with van der Waals surface area (Å²) in [6, 6.07) is 4.95. The molecule has 5 N–H and O–H groups in total. The van der Waals surface area contributed by atoms with E-state index in [1.54, 1.807) is 78.9 Å². The van der Waals surface area contributed by atoms with Crippen LogP contribution in [0.2, 0.25) is 0 Å². The zero-order valence-corrected chi connectivity index (χ0v) is 48.2. The number of hydrogen-bond acceptors (Lipinski definition) is 19. The highest BCUT2D eigenvalue weighted by atomic mass is 32.2. The fourth-order valence-corrected chi connectivity index (χ4v) is 11.9. The maximum absolute atomic E-state index is 14.8. The molecule has 4 heterocycles. The van der Waals surface area contributed by atoms with Crippen molar-refractivity contribution in [2.75, 3.05) is 54.3 Å². The number of aliphatic hydroxyl groups excluding tert-OH is 3. The van der Waals surface area contributed by atoms with Crippen LogP contribution >= 0.6 is 0 Å². The van der Waals surface area contributed by atoms with Crippen molar-refractivity contribution in [1.29, 1.82) is 0 Å². The molecule has 2 aromatic rings. The largest absolute Gasteiger partial charge is 0.459 e. The molecule has 434 valence electrons. The van der Waals surface area contributed by atoms with Gasteiger partial charge in [0.15, 0.2) is 22.4 Å². The number of carbonyl (C=O) groups excluding carboxylic acids is 1. The molecule has 3 aliphatic heterocycles. The van der Waals surface area contributed by atoms with Crippen LogP contribution in [0.15, 0.2) is 35.9 Å². The molecule has 0 radical (unpaired) electrons. The Morgan fingerprint density at radius 2 is 1.64 bits per heavy atom. The van der Waals surface area contributed by atoms with Gasteiger partial charge >= 0.3 is 5.97 Å². The average Bonchev–Trinajstić information content (AvgIpc) is 3.83. The Kier molecular flexibility index (Phi) is 22.2. The Bertz CT molecular complexity index is 2290. The molecule has 1 aromatic heterocycles. The van der Waals surface area contributed by atoms with Crippen LogP contribution < -0.4 is 0 Å². The van der Waals surface area contributed by atoms with E-state index in [1.165, 1.54) is 31.9 Å². The van der Waals surface area contributed by atoms with Gasteiger partial charge in [-0.3, -0.25) is 4.79 Å². The normalized spacial score (nSPS) is 38.9. The first-order valence-corrected chi connectivity index (χ1v) is 28.6. The van der Waals surface area contributed by atoms with E-state index in [2.05, 4.69) is 10.3 Å². The Hall–Kier alpha value is -3.07. The number of likely N-dealkylation sites (N-methyl/N-ethyl adjacent to an activating group) is 2. The highest BCUT2D eigenvalue weighted by Crippen LogP contribution is 2.41. The lowest BCUT2D eigenvalue weighted by molar-refractivity contribution is -0.318. The molecule has 0 spiro atoms. The third kappa shape index (κ3) is 15.4. The number of halogens is 1. The van der Waals surface area contributed by atoms with E-state index >= 15 is 0 Å². The molecular weight excluding hydrogens is 1010 g/mol. The van der Waals surface area contributed by atoms with Crippen molar-refractivity contribution in [3.63, 3.8) is 0 Å². The number of methoxy groups -OCH3 is 2. The number of sulfone groups is 1. The smallest absolute Gasteiger partial charge is 0.311 e. The molecule has 0 bridgehead atoms. The van der Waals surface area contributed by atoms with Gasteiger partial charge in [0.1, 0.15) is 48.8 Å². The number of ether oxygens (including phenoxy) is 7. The van der Waals surface area contributed by atoms with Crippen LogP contribution in [0.3, 0.4) is 0 Å². The van der Waals surface area contributed by atoms with Crippen molar-refractivity contribution in [3.05, 3.63) is 52.7 Å². The van der Waals surface area contributed by atoms with Gasteiger partial charge in [-0.25, -0.2) is 17.5 Å². The van der Waals surface area contributed by atoms with Crippen molar-refractivity contribution in [3.8, 4) is 0 Å². The summed E-state index contributed by atoms with van der Waals surface area (Å²) in [7, 11) is 3.32. The zero-order valence-electron chi connectivity index (χ0n) is 47.4. The summed E-state index contributed by atoms with van der Waals surface area (Å²) in [6.45, 7) is 17.3. The van der Waals surface area contributed by atoms with Crippen LogP contribution in [-0.4, -0.2) is 209 Å². The van der Waals surface area contributed by atoms with Gasteiger partial charge in [0, 0.05) is 76.0 Å². The first-order chi connectivity index (χ1) is 35.4. The predicted octanol–water partition coefficient (Wildman–Crippen LogP) is 4.02. The topological polar surface area (TPSA) is 254 Å². The monoisotopic (exact) mass is 1100 g/mol. The van der Waals surface area contributed by atoms with E-state index in [9.17, 15) is 43.1 Å². The number of aliphatic hydroxyl groups is 5. The van der Waals surface area contributed by atoms with Gasteiger partial charge in [-0.1, -0.05) is 50.3 Å². The quantitative estimate of drug-likeness (QED) is 0.140. The molecule has 1 aromatic carbocycles. The first-order valence-electron chi connectivity index (χ1n) is 26.7. The van der Waals surface area contributed by atoms with Gasteiger partial charge in [-0.05, 0) is 105 Å². The number of esters is 1. The lowest BCUT2D eigenvalue weighted by atomic mass is 9.77. The van der Waals surface area contributed by atoms with E-state index in [-0.39, 0.29) is 25.2 Å². The standard InChI is InChI=1S/C54H90FN5O15S/c1-16-42-54(10,66)47(62)35(6)59(12)29-31(2)26-52(8,65)49(33(4)45(34(5)50(64)73-42)74-43-27-53(9,70-14)48(63)36(7)72-43)75-51-44(61)40(25-32(3)71-51)58(11)23-21-39-30-60(57-56-39)41(28-55)46(69-13)38-19-17-37(18-20-38)22-24-76(15,67)68/h17-20,22,24,30-36,40-49,51,61-63,65-66H,16,21,23,25-29H2,1-15H3/b24-22+/t31-,32-,33+,34-,35-,36+,40+,41-,42-,43+,44-,45+,46-,47-,48+,49-,51+,52-,53-,54-/m1/s1. The fourth-order valence-electron chi connectivity index (χ4n) is 11.5. The van der Waals surface area contributed by atoms with E-state index < -0.39 is 137 Å². The SMILES string of the molecule is CC[C@H]1OC(=O)[C@H](C)[C@@H](O[C@H]2C[C@@](C)(OC)[C@@H](O)[C@H](C)O2)[C@H](C)[C@@H](O[C@@H]2O[C@H](C)C[C@H](N(C)CCc3cn([C@H](CF)[C@H](OC)c4ccc(/C=C/S(C)(=O)=O)cc4)nn3)[C@H]2O)[C@](C)(O)C[C@@H](C)CN(C)[C@H](C)[C@@H](O)[C@]1(C)O. The predicted molar refractivity (Wildman–Crippen MR) is 282 cm³/mol. The Morgan fingerprint density at radius 3 is 2.24 bits per heavy atom. The molecule has 0 amide bonds. The number of benzene rings is 1. The molecule has 22 heteroatoms.